The van der Waals surface area contributed by atoms with Crippen molar-refractivity contribution in [1.82, 2.24) is 4.31 Å². The number of nitro groups is 1. The molecular weight excluding hydrogens is 294 g/mol. The molecule has 1 aliphatic rings. The van der Waals surface area contributed by atoms with Crippen LogP contribution in [-0.2, 0) is 10.0 Å². The summed E-state index contributed by atoms with van der Waals surface area (Å²) in [5, 5.41) is 13.5. The summed E-state index contributed by atoms with van der Waals surface area (Å²) in [6.45, 7) is 0. The fraction of sp³-hybridized carbons (Fsp3) is 0.538. The van der Waals surface area contributed by atoms with E-state index in [4.69, 9.17) is 0 Å². The van der Waals surface area contributed by atoms with Crippen LogP contribution in [0.1, 0.15) is 25.7 Å². The molecule has 1 aromatic carbocycles. The minimum absolute atomic E-state index is 0.00916. The van der Waals surface area contributed by atoms with Gasteiger partial charge in [0.15, 0.2) is 0 Å². The van der Waals surface area contributed by atoms with Gasteiger partial charge in [-0.15, -0.1) is 0 Å². The molecule has 0 atom stereocenters. The number of anilines is 1. The highest BCUT2D eigenvalue weighted by atomic mass is 32.2. The van der Waals surface area contributed by atoms with Crippen LogP contribution in [0.3, 0.4) is 0 Å². The Morgan fingerprint density at radius 1 is 1.33 bits per heavy atom. The van der Waals surface area contributed by atoms with E-state index in [1.165, 1.54) is 22.5 Å². The van der Waals surface area contributed by atoms with E-state index in [1.54, 1.807) is 14.1 Å². The smallest absolute Gasteiger partial charge is 0.271 e. The lowest BCUT2D eigenvalue weighted by molar-refractivity contribution is -0.384. The minimum Gasteiger partial charge on any atom is -0.387 e. The Morgan fingerprint density at radius 3 is 2.48 bits per heavy atom. The SMILES string of the molecule is CNc1cc([N+](=O)[O-])ccc1S(=O)(=O)N(C)C1CCCC1. The lowest BCUT2D eigenvalue weighted by Gasteiger charge is -2.24. The molecule has 8 heteroatoms. The van der Waals surface area contributed by atoms with Crippen molar-refractivity contribution in [3.8, 4) is 0 Å². The van der Waals surface area contributed by atoms with Crippen LogP contribution in [0.15, 0.2) is 23.1 Å². The van der Waals surface area contributed by atoms with Gasteiger partial charge in [-0.3, -0.25) is 10.1 Å². The molecule has 116 valence electrons. The molecule has 0 saturated heterocycles. The lowest BCUT2D eigenvalue weighted by atomic mass is 10.3. The first-order chi connectivity index (χ1) is 9.87. The molecular formula is C13H19N3O4S. The molecule has 21 heavy (non-hydrogen) atoms. The number of nitro benzene ring substituents is 1. The predicted octanol–water partition coefficient (Wildman–Crippen LogP) is 2.20. The van der Waals surface area contributed by atoms with Crippen molar-refractivity contribution in [3.63, 3.8) is 0 Å². The molecule has 0 heterocycles. The molecule has 0 aromatic heterocycles. The van der Waals surface area contributed by atoms with Crippen molar-refractivity contribution in [2.45, 2.75) is 36.6 Å². The summed E-state index contributed by atoms with van der Waals surface area (Å²) >= 11 is 0. The maximum Gasteiger partial charge on any atom is 0.271 e. The number of rotatable bonds is 5. The lowest BCUT2D eigenvalue weighted by Crippen LogP contribution is -2.35. The number of nitrogens with one attached hydrogen (secondary N) is 1. The van der Waals surface area contributed by atoms with Crippen LogP contribution in [-0.4, -0.2) is 37.8 Å². The molecule has 0 radical (unpaired) electrons. The Balaban J connectivity index is 2.41. The van der Waals surface area contributed by atoms with Gasteiger partial charge in [-0.25, -0.2) is 8.42 Å². The van der Waals surface area contributed by atoms with Crippen molar-refractivity contribution in [2.75, 3.05) is 19.4 Å². The van der Waals surface area contributed by atoms with Gasteiger partial charge in [0.2, 0.25) is 10.0 Å². The van der Waals surface area contributed by atoms with Crippen LogP contribution >= 0.6 is 0 Å². The first-order valence-corrected chi connectivity index (χ1v) is 8.26. The highest BCUT2D eigenvalue weighted by molar-refractivity contribution is 7.89. The van der Waals surface area contributed by atoms with Crippen LogP contribution < -0.4 is 5.32 Å². The van der Waals surface area contributed by atoms with Crippen molar-refractivity contribution >= 4 is 21.4 Å². The zero-order valence-corrected chi connectivity index (χ0v) is 12.9. The summed E-state index contributed by atoms with van der Waals surface area (Å²) in [5.41, 5.74) is 0.107. The van der Waals surface area contributed by atoms with Gasteiger partial charge >= 0.3 is 0 Å². The van der Waals surface area contributed by atoms with E-state index in [0.29, 0.717) is 0 Å². The average Bonchev–Trinajstić information content (AvgIpc) is 2.99. The number of sulfonamides is 1. The molecule has 7 nitrogen and oxygen atoms in total. The fourth-order valence-electron chi connectivity index (χ4n) is 2.67. The molecule has 1 aliphatic carbocycles. The number of hydrogen-bond acceptors (Lipinski definition) is 5. The van der Waals surface area contributed by atoms with E-state index in [2.05, 4.69) is 5.32 Å². The van der Waals surface area contributed by atoms with Crippen molar-refractivity contribution < 1.29 is 13.3 Å². The largest absolute Gasteiger partial charge is 0.387 e. The molecule has 0 amide bonds. The molecule has 0 unspecified atom stereocenters. The highest BCUT2D eigenvalue weighted by Gasteiger charge is 2.32. The zero-order chi connectivity index (χ0) is 15.6. The van der Waals surface area contributed by atoms with Gasteiger partial charge in [0.1, 0.15) is 4.90 Å². The third-order valence-electron chi connectivity index (χ3n) is 3.94. The monoisotopic (exact) mass is 313 g/mol. The number of benzene rings is 1. The Morgan fingerprint density at radius 2 is 1.95 bits per heavy atom. The minimum atomic E-state index is -3.66. The van der Waals surface area contributed by atoms with Gasteiger partial charge in [-0.2, -0.15) is 4.31 Å². The van der Waals surface area contributed by atoms with E-state index >= 15 is 0 Å². The highest BCUT2D eigenvalue weighted by Crippen LogP contribution is 2.32. The van der Waals surface area contributed by atoms with Crippen LogP contribution in [0.2, 0.25) is 0 Å². The Kier molecular flexibility index (Phi) is 4.48. The molecule has 1 N–H and O–H groups in total. The first-order valence-electron chi connectivity index (χ1n) is 6.82. The van der Waals surface area contributed by atoms with Crippen LogP contribution in [0.25, 0.3) is 0 Å². The molecule has 1 fully saturated rings. The van der Waals surface area contributed by atoms with E-state index in [0.717, 1.165) is 25.7 Å². The normalized spacial score (nSPS) is 16.3. The van der Waals surface area contributed by atoms with Gasteiger partial charge in [0.25, 0.3) is 5.69 Å². The molecule has 0 aliphatic heterocycles. The van der Waals surface area contributed by atoms with Crippen LogP contribution in [0.5, 0.6) is 0 Å². The van der Waals surface area contributed by atoms with Crippen LogP contribution in [0.4, 0.5) is 11.4 Å². The van der Waals surface area contributed by atoms with Gasteiger partial charge in [-0.1, -0.05) is 12.8 Å². The van der Waals surface area contributed by atoms with E-state index in [1.807, 2.05) is 0 Å². The maximum absolute atomic E-state index is 12.7. The van der Waals surface area contributed by atoms with Crippen LogP contribution in [0, 0.1) is 10.1 Å². The first kappa shape index (κ1) is 15.7. The third kappa shape index (κ3) is 3.01. The van der Waals surface area contributed by atoms with Gasteiger partial charge in [0.05, 0.1) is 10.6 Å². The zero-order valence-electron chi connectivity index (χ0n) is 12.1. The Bertz CT molecular complexity index is 639. The number of hydrogen-bond donors (Lipinski definition) is 1. The second-order valence-electron chi connectivity index (χ2n) is 5.15. The third-order valence-corrected chi connectivity index (χ3v) is 5.91. The maximum atomic E-state index is 12.7. The molecule has 2 rings (SSSR count). The van der Waals surface area contributed by atoms with Gasteiger partial charge < -0.3 is 5.32 Å². The quantitative estimate of drug-likeness (QED) is 0.664. The number of nitrogens with zero attached hydrogens (tertiary/aromatic N) is 2. The second-order valence-corrected chi connectivity index (χ2v) is 7.11. The summed E-state index contributed by atoms with van der Waals surface area (Å²) < 4.78 is 26.8. The molecule has 0 spiro atoms. The van der Waals surface area contributed by atoms with E-state index in [-0.39, 0.29) is 22.3 Å². The average molecular weight is 313 g/mol. The summed E-state index contributed by atoms with van der Waals surface area (Å²) in [5.74, 6) is 0. The molecule has 1 aromatic rings. The topological polar surface area (TPSA) is 92.5 Å². The summed E-state index contributed by atoms with van der Waals surface area (Å²) in [7, 11) is -0.535. The Hall–Kier alpha value is -1.67. The van der Waals surface area contributed by atoms with E-state index < -0.39 is 14.9 Å². The number of non-ortho nitro benzene ring substituents is 1. The summed E-state index contributed by atoms with van der Waals surface area (Å²) in [4.78, 5) is 10.3. The van der Waals surface area contributed by atoms with E-state index in [9.17, 15) is 18.5 Å². The molecule has 0 bridgehead atoms. The van der Waals surface area contributed by atoms with Crippen molar-refractivity contribution in [2.24, 2.45) is 0 Å². The van der Waals surface area contributed by atoms with Crippen molar-refractivity contribution in [1.29, 1.82) is 0 Å². The van der Waals surface area contributed by atoms with Crippen molar-refractivity contribution in [3.05, 3.63) is 28.3 Å². The fourth-order valence-corrected chi connectivity index (χ4v) is 4.26. The standard InChI is InChI=1S/C13H19N3O4S/c1-14-12-9-11(16(17)18)7-8-13(12)21(19,20)15(2)10-5-3-4-6-10/h7-10,14H,3-6H2,1-2H3. The van der Waals surface area contributed by atoms with Gasteiger partial charge in [0, 0.05) is 32.3 Å². The van der Waals surface area contributed by atoms with Gasteiger partial charge in [-0.05, 0) is 18.9 Å². The summed E-state index contributed by atoms with van der Waals surface area (Å²) in [6.07, 6.45) is 3.78. The Labute approximate surface area is 124 Å². The molecule has 1 saturated carbocycles. The predicted molar refractivity (Wildman–Crippen MR) is 79.8 cm³/mol. The summed E-state index contributed by atoms with van der Waals surface area (Å²) in [6, 6.07) is 3.77. The second kappa shape index (κ2) is 5.98.